The van der Waals surface area contributed by atoms with E-state index in [1.165, 1.54) is 12.1 Å². The first-order valence-corrected chi connectivity index (χ1v) is 10.8. The largest absolute Gasteiger partial charge is 0.477 e. The topological polar surface area (TPSA) is 106 Å². The molecule has 0 unspecified atom stereocenters. The van der Waals surface area contributed by atoms with Gasteiger partial charge in [-0.3, -0.25) is 19.8 Å². The van der Waals surface area contributed by atoms with Gasteiger partial charge in [-0.25, -0.2) is 4.79 Å². The summed E-state index contributed by atoms with van der Waals surface area (Å²) in [7, 11) is 0. The van der Waals surface area contributed by atoms with E-state index >= 15 is 0 Å². The molecule has 1 aliphatic rings. The number of hydrogen-bond acceptors (Lipinski definition) is 7. The number of carbonyl (C=O) groups is 1. The van der Waals surface area contributed by atoms with Crippen LogP contribution in [0.1, 0.15) is 11.1 Å². The van der Waals surface area contributed by atoms with Crippen molar-refractivity contribution in [3.8, 4) is 5.75 Å². The molecule has 0 N–H and O–H groups in total. The molecule has 0 bridgehead atoms. The summed E-state index contributed by atoms with van der Waals surface area (Å²) >= 11 is 5.93. The summed E-state index contributed by atoms with van der Waals surface area (Å²) in [5.74, 6) is -0.378. The number of amides is 1. The van der Waals surface area contributed by atoms with Crippen molar-refractivity contribution < 1.29 is 18.9 Å². The Balaban J connectivity index is 1.39. The molecule has 172 valence electrons. The molecule has 3 aromatic rings. The van der Waals surface area contributed by atoms with Gasteiger partial charge in [0, 0.05) is 49.2 Å². The van der Waals surface area contributed by atoms with Crippen molar-refractivity contribution in [2.75, 3.05) is 32.8 Å². The monoisotopic (exact) mass is 471 g/mol. The quantitative estimate of drug-likeness (QED) is 0.308. The Bertz CT molecular complexity index is 1250. The number of aryl methyl sites for hydroxylation is 1. The number of piperazine rings is 1. The minimum atomic E-state index is -0.687. The minimum Gasteiger partial charge on any atom is -0.477 e. The molecule has 0 radical (unpaired) electrons. The van der Waals surface area contributed by atoms with E-state index in [1.54, 1.807) is 17.9 Å². The summed E-state index contributed by atoms with van der Waals surface area (Å²) in [6.45, 7) is 4.56. The van der Waals surface area contributed by atoms with Crippen LogP contribution in [0.25, 0.3) is 11.0 Å². The van der Waals surface area contributed by atoms with Gasteiger partial charge in [0.05, 0.1) is 4.92 Å². The van der Waals surface area contributed by atoms with Crippen LogP contribution in [0.3, 0.4) is 0 Å². The third kappa shape index (κ3) is 5.15. The van der Waals surface area contributed by atoms with Crippen molar-refractivity contribution in [2.45, 2.75) is 13.5 Å². The lowest BCUT2D eigenvalue weighted by atomic mass is 10.1. The number of hydrogen-bond donors (Lipinski definition) is 0. The highest BCUT2D eigenvalue weighted by atomic mass is 35.5. The average molecular weight is 472 g/mol. The summed E-state index contributed by atoms with van der Waals surface area (Å²) in [6.07, 6.45) is 0. The second-order valence-electron chi connectivity index (χ2n) is 7.87. The number of ether oxygens (including phenoxy) is 1. The fourth-order valence-corrected chi connectivity index (χ4v) is 4.00. The Morgan fingerprint density at radius 2 is 1.85 bits per heavy atom. The van der Waals surface area contributed by atoms with Gasteiger partial charge in [-0.15, -0.1) is 0 Å². The normalized spacial score (nSPS) is 14.4. The zero-order chi connectivity index (χ0) is 23.5. The molecule has 0 atom stereocenters. The molecule has 1 aliphatic heterocycles. The van der Waals surface area contributed by atoms with Crippen molar-refractivity contribution in [3.05, 3.63) is 79.1 Å². The summed E-state index contributed by atoms with van der Waals surface area (Å²) in [6, 6.07) is 11.9. The van der Waals surface area contributed by atoms with Crippen LogP contribution in [-0.2, 0) is 11.3 Å². The lowest BCUT2D eigenvalue weighted by Gasteiger charge is -2.34. The van der Waals surface area contributed by atoms with Crippen LogP contribution in [0.5, 0.6) is 5.75 Å². The van der Waals surface area contributed by atoms with E-state index < -0.39 is 16.2 Å². The maximum absolute atomic E-state index is 12.7. The smallest absolute Gasteiger partial charge is 0.353 e. The molecule has 2 aromatic carbocycles. The molecular weight excluding hydrogens is 450 g/mol. The Kier molecular flexibility index (Phi) is 6.62. The number of fused-ring (bicyclic) bond motifs is 1. The first-order valence-electron chi connectivity index (χ1n) is 10.4. The molecule has 0 saturated carbocycles. The number of nitro benzene ring substituents is 1. The Labute approximate surface area is 194 Å². The number of nitro groups is 1. The van der Waals surface area contributed by atoms with E-state index in [4.69, 9.17) is 20.8 Å². The molecule has 1 amide bonds. The van der Waals surface area contributed by atoms with Gasteiger partial charge in [-0.1, -0.05) is 23.7 Å². The molecule has 1 aromatic heterocycles. The van der Waals surface area contributed by atoms with Gasteiger partial charge in [-0.2, -0.15) is 0 Å². The van der Waals surface area contributed by atoms with Crippen molar-refractivity contribution in [1.82, 2.24) is 9.80 Å². The van der Waals surface area contributed by atoms with Crippen LogP contribution in [0, 0.1) is 17.0 Å². The molecule has 0 spiro atoms. The number of benzene rings is 2. The second-order valence-corrected chi connectivity index (χ2v) is 8.30. The van der Waals surface area contributed by atoms with E-state index in [9.17, 15) is 19.7 Å². The lowest BCUT2D eigenvalue weighted by molar-refractivity contribution is -0.384. The van der Waals surface area contributed by atoms with Crippen LogP contribution in [0.4, 0.5) is 5.69 Å². The standard InChI is InChI=1S/C23H22ClN3O6/c1-15-12-21(29)33-23-18(15)6-7-19(22(23)27(30)31)32-14-20(28)26-10-8-25(9-11-26)13-16-2-4-17(24)5-3-16/h2-7,12H,8-11,13-14H2,1H3. The van der Waals surface area contributed by atoms with Gasteiger partial charge in [0.15, 0.2) is 6.61 Å². The predicted molar refractivity (Wildman–Crippen MR) is 123 cm³/mol. The predicted octanol–water partition coefficient (Wildman–Crippen LogP) is 3.39. The van der Waals surface area contributed by atoms with Crippen molar-refractivity contribution in [2.24, 2.45) is 0 Å². The lowest BCUT2D eigenvalue weighted by Crippen LogP contribution is -2.49. The Hall–Kier alpha value is -3.43. The molecule has 33 heavy (non-hydrogen) atoms. The van der Waals surface area contributed by atoms with E-state index in [-0.39, 0.29) is 23.8 Å². The first kappa shape index (κ1) is 22.8. The fraction of sp³-hybridized carbons (Fsp3) is 0.304. The first-order chi connectivity index (χ1) is 15.8. The molecule has 2 heterocycles. The van der Waals surface area contributed by atoms with Crippen LogP contribution in [-0.4, -0.2) is 53.4 Å². The van der Waals surface area contributed by atoms with Gasteiger partial charge < -0.3 is 14.1 Å². The highest BCUT2D eigenvalue weighted by Crippen LogP contribution is 2.35. The zero-order valence-electron chi connectivity index (χ0n) is 18.0. The zero-order valence-corrected chi connectivity index (χ0v) is 18.7. The van der Waals surface area contributed by atoms with Crippen molar-refractivity contribution in [1.29, 1.82) is 0 Å². The van der Waals surface area contributed by atoms with Gasteiger partial charge >= 0.3 is 11.3 Å². The summed E-state index contributed by atoms with van der Waals surface area (Å²) in [5.41, 5.74) is 0.393. The van der Waals surface area contributed by atoms with Gasteiger partial charge in [0.2, 0.25) is 11.3 Å². The minimum absolute atomic E-state index is 0.115. The molecule has 0 aliphatic carbocycles. The average Bonchev–Trinajstić information content (AvgIpc) is 2.78. The molecule has 10 heteroatoms. The Morgan fingerprint density at radius 1 is 1.15 bits per heavy atom. The van der Waals surface area contributed by atoms with Gasteiger partial charge in [-0.05, 0) is 42.3 Å². The van der Waals surface area contributed by atoms with Crippen LogP contribution >= 0.6 is 11.6 Å². The van der Waals surface area contributed by atoms with E-state index in [0.717, 1.165) is 12.1 Å². The fourth-order valence-electron chi connectivity index (χ4n) is 3.88. The third-order valence-corrected chi connectivity index (χ3v) is 5.89. The summed E-state index contributed by atoms with van der Waals surface area (Å²) in [5, 5.41) is 12.8. The highest BCUT2D eigenvalue weighted by Gasteiger charge is 2.26. The third-order valence-electron chi connectivity index (χ3n) is 5.63. The second kappa shape index (κ2) is 9.60. The number of rotatable bonds is 6. The number of carbonyl (C=O) groups excluding carboxylic acids is 1. The van der Waals surface area contributed by atoms with Crippen LogP contribution < -0.4 is 10.4 Å². The van der Waals surface area contributed by atoms with Crippen LogP contribution in [0.15, 0.2) is 51.7 Å². The maximum atomic E-state index is 12.7. The summed E-state index contributed by atoms with van der Waals surface area (Å²) < 4.78 is 10.6. The van der Waals surface area contributed by atoms with Crippen molar-refractivity contribution in [3.63, 3.8) is 0 Å². The van der Waals surface area contributed by atoms with Crippen LogP contribution in [0.2, 0.25) is 5.02 Å². The summed E-state index contributed by atoms with van der Waals surface area (Å²) in [4.78, 5) is 39.3. The number of nitrogens with zero attached hydrogens (tertiary/aromatic N) is 3. The van der Waals surface area contributed by atoms with Gasteiger partial charge in [0.25, 0.3) is 5.91 Å². The van der Waals surface area contributed by atoms with E-state index in [2.05, 4.69) is 4.90 Å². The van der Waals surface area contributed by atoms with E-state index in [1.807, 2.05) is 24.3 Å². The number of halogens is 1. The SMILES string of the molecule is Cc1cc(=O)oc2c([N+](=O)[O-])c(OCC(=O)N3CCN(Cc4ccc(Cl)cc4)CC3)ccc12. The molecule has 1 saturated heterocycles. The molecule has 9 nitrogen and oxygen atoms in total. The molecule has 1 fully saturated rings. The Morgan fingerprint density at radius 3 is 2.52 bits per heavy atom. The molecular formula is C23H22ClN3O6. The van der Waals surface area contributed by atoms with Gasteiger partial charge in [0.1, 0.15) is 0 Å². The molecule has 4 rings (SSSR count). The van der Waals surface area contributed by atoms with E-state index in [0.29, 0.717) is 42.2 Å². The maximum Gasteiger partial charge on any atom is 0.353 e. The highest BCUT2D eigenvalue weighted by molar-refractivity contribution is 6.30. The van der Waals surface area contributed by atoms with Crippen molar-refractivity contribution >= 4 is 34.2 Å².